The lowest BCUT2D eigenvalue weighted by Gasteiger charge is -2.19. The van der Waals surface area contributed by atoms with E-state index in [1.807, 2.05) is 0 Å². The van der Waals surface area contributed by atoms with Crippen LogP contribution in [0.25, 0.3) is 0 Å². The zero-order valence-corrected chi connectivity index (χ0v) is 12.7. The van der Waals surface area contributed by atoms with Gasteiger partial charge in [0.05, 0.1) is 0 Å². The maximum Gasteiger partial charge on any atom is 0.315 e. The Balaban J connectivity index is 1.88. The van der Waals surface area contributed by atoms with E-state index in [4.69, 9.17) is 4.52 Å². The molecule has 1 saturated heterocycles. The summed E-state index contributed by atoms with van der Waals surface area (Å²) >= 11 is 0. The van der Waals surface area contributed by atoms with Gasteiger partial charge in [-0.15, -0.1) is 0 Å². The zero-order chi connectivity index (χ0) is 15.2. The average Bonchev–Trinajstić information content (AvgIpc) is 2.73. The van der Waals surface area contributed by atoms with E-state index in [2.05, 4.69) is 17.4 Å². The van der Waals surface area contributed by atoms with Crippen molar-refractivity contribution in [1.82, 2.24) is 10.1 Å². The Labute approximate surface area is 124 Å². The molecule has 2 amide bonds. The Morgan fingerprint density at radius 1 is 1.43 bits per heavy atom. The first-order valence-electron chi connectivity index (χ1n) is 7.63. The highest BCUT2D eigenvalue weighted by molar-refractivity contribution is 6.39. The number of nitrogens with one attached hydrogen (secondary N) is 1. The topological polar surface area (TPSA) is 75.4 Å². The predicted molar refractivity (Wildman–Crippen MR) is 78.7 cm³/mol. The maximum atomic E-state index is 12.2. The van der Waals surface area contributed by atoms with E-state index in [-0.39, 0.29) is 5.82 Å². The molecular weight excluding hydrogens is 270 g/mol. The summed E-state index contributed by atoms with van der Waals surface area (Å²) in [6, 6.07) is 1.59. The second-order valence-corrected chi connectivity index (χ2v) is 5.65. The van der Waals surface area contributed by atoms with E-state index in [9.17, 15) is 9.59 Å². The third kappa shape index (κ3) is 4.31. The standard InChI is InChI=1S/C15H23N3O3/c1-3-5-12-6-4-8-18(9-7-12)15(20)14(19)16-13-10-11(2)21-17-13/h10,12H,3-9H2,1-2H3,(H,16,17,19)/t12-/m0/s1. The van der Waals surface area contributed by atoms with Crippen LogP contribution in [0, 0.1) is 12.8 Å². The summed E-state index contributed by atoms with van der Waals surface area (Å²) in [7, 11) is 0. The van der Waals surface area contributed by atoms with Crippen LogP contribution in [-0.2, 0) is 9.59 Å². The van der Waals surface area contributed by atoms with Gasteiger partial charge in [-0.1, -0.05) is 24.9 Å². The molecule has 6 nitrogen and oxygen atoms in total. The summed E-state index contributed by atoms with van der Waals surface area (Å²) in [5.74, 6) is 0.429. The van der Waals surface area contributed by atoms with E-state index in [1.165, 1.54) is 12.8 Å². The van der Waals surface area contributed by atoms with E-state index in [0.717, 1.165) is 19.3 Å². The SMILES string of the molecule is CCC[C@H]1CCCN(C(=O)C(=O)Nc2cc(C)on2)CC1. The highest BCUT2D eigenvalue weighted by Crippen LogP contribution is 2.22. The fraction of sp³-hybridized carbons (Fsp3) is 0.667. The lowest BCUT2D eigenvalue weighted by atomic mass is 9.96. The molecule has 2 heterocycles. The largest absolute Gasteiger partial charge is 0.360 e. The van der Waals surface area contributed by atoms with Crippen molar-refractivity contribution in [2.24, 2.45) is 5.92 Å². The number of anilines is 1. The van der Waals surface area contributed by atoms with Crippen LogP contribution >= 0.6 is 0 Å². The summed E-state index contributed by atoms with van der Waals surface area (Å²) in [6.45, 7) is 5.23. The Morgan fingerprint density at radius 3 is 2.90 bits per heavy atom. The molecule has 1 aromatic rings. The Kier molecular flexibility index (Phi) is 5.36. The van der Waals surface area contributed by atoms with Gasteiger partial charge in [0.2, 0.25) is 0 Å². The van der Waals surface area contributed by atoms with Crippen LogP contribution < -0.4 is 5.32 Å². The number of carbonyl (C=O) groups excluding carboxylic acids is 2. The minimum absolute atomic E-state index is 0.282. The molecule has 21 heavy (non-hydrogen) atoms. The number of hydrogen-bond acceptors (Lipinski definition) is 4. The van der Waals surface area contributed by atoms with Crippen LogP contribution in [0.5, 0.6) is 0 Å². The van der Waals surface area contributed by atoms with Gasteiger partial charge in [0.1, 0.15) is 5.76 Å². The van der Waals surface area contributed by atoms with Gasteiger partial charge in [-0.05, 0) is 32.1 Å². The molecule has 2 rings (SSSR count). The van der Waals surface area contributed by atoms with Crippen LogP contribution in [0.15, 0.2) is 10.6 Å². The first-order valence-corrected chi connectivity index (χ1v) is 7.63. The highest BCUT2D eigenvalue weighted by atomic mass is 16.5. The molecule has 1 aliphatic heterocycles. The van der Waals surface area contributed by atoms with Gasteiger partial charge < -0.3 is 9.42 Å². The minimum Gasteiger partial charge on any atom is -0.360 e. The van der Waals surface area contributed by atoms with Crippen molar-refractivity contribution in [2.75, 3.05) is 18.4 Å². The second-order valence-electron chi connectivity index (χ2n) is 5.65. The van der Waals surface area contributed by atoms with Crippen LogP contribution in [0.2, 0.25) is 0 Å². The van der Waals surface area contributed by atoms with Crippen LogP contribution in [-0.4, -0.2) is 35.0 Å². The number of nitrogens with zero attached hydrogens (tertiary/aromatic N) is 2. The summed E-state index contributed by atoms with van der Waals surface area (Å²) in [4.78, 5) is 25.8. The minimum atomic E-state index is -0.641. The fourth-order valence-electron chi connectivity index (χ4n) is 2.80. The van der Waals surface area contributed by atoms with Gasteiger partial charge in [-0.25, -0.2) is 0 Å². The summed E-state index contributed by atoms with van der Waals surface area (Å²) in [6.07, 6.45) is 5.46. The molecule has 6 heteroatoms. The summed E-state index contributed by atoms with van der Waals surface area (Å²) in [5.41, 5.74) is 0. The molecule has 1 aliphatic rings. The molecular formula is C15H23N3O3. The summed E-state index contributed by atoms with van der Waals surface area (Å²) < 4.78 is 4.86. The molecule has 0 radical (unpaired) electrons. The molecule has 0 aromatic carbocycles. The van der Waals surface area contributed by atoms with Gasteiger partial charge in [-0.2, -0.15) is 0 Å². The predicted octanol–water partition coefficient (Wildman–Crippen LogP) is 2.35. The van der Waals surface area contributed by atoms with Crippen LogP contribution in [0.1, 0.15) is 44.8 Å². The number of rotatable bonds is 3. The van der Waals surface area contributed by atoms with Crippen molar-refractivity contribution in [2.45, 2.75) is 46.0 Å². The van der Waals surface area contributed by atoms with E-state index in [1.54, 1.807) is 17.9 Å². The van der Waals surface area contributed by atoms with Gasteiger partial charge in [0, 0.05) is 19.2 Å². The van der Waals surface area contributed by atoms with Gasteiger partial charge in [0.15, 0.2) is 5.82 Å². The van der Waals surface area contributed by atoms with Crippen molar-refractivity contribution < 1.29 is 14.1 Å². The van der Waals surface area contributed by atoms with Gasteiger partial charge in [0.25, 0.3) is 0 Å². The molecule has 0 saturated carbocycles. The number of amides is 2. The molecule has 1 atom stereocenters. The van der Waals surface area contributed by atoms with Crippen LogP contribution in [0.3, 0.4) is 0 Å². The normalized spacial score (nSPS) is 19.1. The monoisotopic (exact) mass is 293 g/mol. The Morgan fingerprint density at radius 2 is 2.24 bits per heavy atom. The number of likely N-dealkylation sites (tertiary alicyclic amines) is 1. The zero-order valence-electron chi connectivity index (χ0n) is 12.7. The number of carbonyl (C=O) groups is 2. The quantitative estimate of drug-likeness (QED) is 0.868. The lowest BCUT2D eigenvalue weighted by Crippen LogP contribution is -2.40. The van der Waals surface area contributed by atoms with E-state index in [0.29, 0.717) is 24.8 Å². The van der Waals surface area contributed by atoms with Crippen molar-refractivity contribution in [1.29, 1.82) is 0 Å². The van der Waals surface area contributed by atoms with E-state index >= 15 is 0 Å². The van der Waals surface area contributed by atoms with Crippen molar-refractivity contribution in [3.05, 3.63) is 11.8 Å². The fourth-order valence-corrected chi connectivity index (χ4v) is 2.80. The average molecular weight is 293 g/mol. The van der Waals surface area contributed by atoms with E-state index < -0.39 is 11.8 Å². The maximum absolute atomic E-state index is 12.2. The molecule has 1 fully saturated rings. The van der Waals surface area contributed by atoms with Crippen molar-refractivity contribution in [3.8, 4) is 0 Å². The van der Waals surface area contributed by atoms with Crippen molar-refractivity contribution in [3.63, 3.8) is 0 Å². The second kappa shape index (κ2) is 7.24. The van der Waals surface area contributed by atoms with Crippen LogP contribution in [0.4, 0.5) is 5.82 Å². The number of hydrogen-bond donors (Lipinski definition) is 1. The Hall–Kier alpha value is -1.85. The number of aryl methyl sites for hydroxylation is 1. The molecule has 1 N–H and O–H groups in total. The smallest absolute Gasteiger partial charge is 0.315 e. The third-order valence-corrected chi connectivity index (χ3v) is 3.90. The third-order valence-electron chi connectivity index (χ3n) is 3.90. The van der Waals surface area contributed by atoms with Gasteiger partial charge in [-0.3, -0.25) is 14.9 Å². The Bertz CT molecular complexity index is 498. The number of aromatic nitrogens is 1. The molecule has 0 spiro atoms. The first-order chi connectivity index (χ1) is 10.1. The molecule has 116 valence electrons. The summed E-state index contributed by atoms with van der Waals surface area (Å²) in [5, 5.41) is 6.14. The van der Waals surface area contributed by atoms with Gasteiger partial charge >= 0.3 is 11.8 Å². The first kappa shape index (κ1) is 15.5. The van der Waals surface area contributed by atoms with Crippen molar-refractivity contribution >= 4 is 17.6 Å². The molecule has 1 aromatic heterocycles. The molecule has 0 bridgehead atoms. The lowest BCUT2D eigenvalue weighted by molar-refractivity contribution is -0.143. The molecule has 0 unspecified atom stereocenters. The highest BCUT2D eigenvalue weighted by Gasteiger charge is 2.25. The molecule has 0 aliphatic carbocycles.